The zero-order valence-corrected chi connectivity index (χ0v) is 9.70. The summed E-state index contributed by atoms with van der Waals surface area (Å²) < 4.78 is 1.19. The summed E-state index contributed by atoms with van der Waals surface area (Å²) in [5.74, 6) is 0. The van der Waals surface area contributed by atoms with Crippen LogP contribution in [0.4, 0.5) is 0 Å². The number of hydrogen-bond acceptors (Lipinski definition) is 2. The fourth-order valence-corrected chi connectivity index (χ4v) is 2.75. The molecule has 64 valence electrons. The normalized spacial score (nSPS) is 9.45. The van der Waals surface area contributed by atoms with Crippen molar-refractivity contribution in [3.63, 3.8) is 0 Å². The van der Waals surface area contributed by atoms with Crippen molar-refractivity contribution in [1.82, 2.24) is 0 Å². The maximum absolute atomic E-state index is 5.54. The maximum Gasteiger partial charge on any atom is 0.0359 e. The standard InChI is InChI=1S/C7H10BrNS.ClH/c1-4-6(3-9)7(8)5(2)10-4;/h3,9H2,1-2H3;1H. The molecule has 0 spiro atoms. The first-order valence-electron chi connectivity index (χ1n) is 3.11. The van der Waals surface area contributed by atoms with Crippen LogP contribution >= 0.6 is 39.7 Å². The van der Waals surface area contributed by atoms with E-state index in [-0.39, 0.29) is 12.4 Å². The molecule has 0 unspecified atom stereocenters. The fourth-order valence-electron chi connectivity index (χ4n) is 0.936. The van der Waals surface area contributed by atoms with Gasteiger partial charge >= 0.3 is 0 Å². The van der Waals surface area contributed by atoms with Gasteiger partial charge in [-0.1, -0.05) is 0 Å². The van der Waals surface area contributed by atoms with Crippen LogP contribution in [0.1, 0.15) is 15.3 Å². The first-order valence-corrected chi connectivity index (χ1v) is 4.72. The first-order chi connectivity index (χ1) is 4.66. The van der Waals surface area contributed by atoms with E-state index in [9.17, 15) is 0 Å². The van der Waals surface area contributed by atoms with Gasteiger partial charge in [0.25, 0.3) is 0 Å². The van der Waals surface area contributed by atoms with E-state index in [4.69, 9.17) is 5.73 Å². The highest BCUT2D eigenvalue weighted by Crippen LogP contribution is 2.31. The summed E-state index contributed by atoms with van der Waals surface area (Å²) >= 11 is 5.29. The number of halogens is 2. The van der Waals surface area contributed by atoms with Crippen molar-refractivity contribution < 1.29 is 0 Å². The number of rotatable bonds is 1. The van der Waals surface area contributed by atoms with Gasteiger partial charge in [-0.25, -0.2) is 0 Å². The number of hydrogen-bond donors (Lipinski definition) is 1. The second kappa shape index (κ2) is 4.45. The Kier molecular flexibility index (Phi) is 4.63. The van der Waals surface area contributed by atoms with Crippen LogP contribution in [-0.4, -0.2) is 0 Å². The van der Waals surface area contributed by atoms with E-state index in [1.807, 2.05) is 0 Å². The molecule has 0 bridgehead atoms. The second-order valence-electron chi connectivity index (χ2n) is 2.21. The van der Waals surface area contributed by atoms with E-state index in [1.54, 1.807) is 11.3 Å². The summed E-state index contributed by atoms with van der Waals surface area (Å²) in [6.45, 7) is 4.84. The largest absolute Gasteiger partial charge is 0.326 e. The minimum absolute atomic E-state index is 0. The molecule has 0 aliphatic heterocycles. The molecule has 1 rings (SSSR count). The molecule has 0 atom stereocenters. The van der Waals surface area contributed by atoms with E-state index >= 15 is 0 Å². The molecule has 0 amide bonds. The Bertz CT molecular complexity index is 247. The third-order valence-corrected chi connectivity index (χ3v) is 3.91. The van der Waals surface area contributed by atoms with E-state index in [2.05, 4.69) is 29.8 Å². The molecule has 4 heteroatoms. The van der Waals surface area contributed by atoms with Crippen molar-refractivity contribution >= 4 is 39.7 Å². The Labute approximate surface area is 85.5 Å². The van der Waals surface area contributed by atoms with Gasteiger partial charge in [0.05, 0.1) is 0 Å². The highest BCUT2D eigenvalue weighted by atomic mass is 79.9. The van der Waals surface area contributed by atoms with Gasteiger partial charge in [0, 0.05) is 20.8 Å². The average Bonchev–Trinajstić information content (AvgIpc) is 2.09. The van der Waals surface area contributed by atoms with E-state index in [0.29, 0.717) is 6.54 Å². The van der Waals surface area contributed by atoms with Gasteiger partial charge in [0.2, 0.25) is 0 Å². The topological polar surface area (TPSA) is 26.0 Å². The Morgan fingerprint density at radius 2 is 1.91 bits per heavy atom. The average molecular weight is 257 g/mol. The Balaban J connectivity index is 0.000001000. The third kappa shape index (κ3) is 2.18. The smallest absolute Gasteiger partial charge is 0.0359 e. The van der Waals surface area contributed by atoms with Gasteiger partial charge in [-0.05, 0) is 35.3 Å². The summed E-state index contributed by atoms with van der Waals surface area (Å²) in [6.07, 6.45) is 0. The zero-order chi connectivity index (χ0) is 7.72. The molecule has 0 saturated carbocycles. The summed E-state index contributed by atoms with van der Waals surface area (Å²) in [5, 5.41) is 0. The van der Waals surface area contributed by atoms with Crippen LogP contribution in [0.2, 0.25) is 0 Å². The van der Waals surface area contributed by atoms with Gasteiger partial charge in [0.15, 0.2) is 0 Å². The van der Waals surface area contributed by atoms with Crippen LogP contribution in [0.25, 0.3) is 0 Å². The van der Waals surface area contributed by atoms with Crippen LogP contribution in [0.15, 0.2) is 4.47 Å². The van der Waals surface area contributed by atoms with Crippen LogP contribution in [0.3, 0.4) is 0 Å². The molecular weight excluding hydrogens is 246 g/mol. The minimum atomic E-state index is 0. The molecule has 0 fully saturated rings. The van der Waals surface area contributed by atoms with E-state index < -0.39 is 0 Å². The molecule has 11 heavy (non-hydrogen) atoms. The molecule has 0 aromatic carbocycles. The van der Waals surface area contributed by atoms with Crippen molar-refractivity contribution in [2.45, 2.75) is 20.4 Å². The predicted molar refractivity (Wildman–Crippen MR) is 56.6 cm³/mol. The molecule has 2 N–H and O–H groups in total. The van der Waals surface area contributed by atoms with Crippen LogP contribution < -0.4 is 5.73 Å². The van der Waals surface area contributed by atoms with Crippen molar-refractivity contribution in [3.8, 4) is 0 Å². The summed E-state index contributed by atoms with van der Waals surface area (Å²) in [4.78, 5) is 2.64. The molecule has 0 radical (unpaired) electrons. The molecule has 1 nitrogen and oxygen atoms in total. The second-order valence-corrected chi connectivity index (χ2v) is 4.43. The fraction of sp³-hybridized carbons (Fsp3) is 0.429. The lowest BCUT2D eigenvalue weighted by Crippen LogP contribution is -1.96. The van der Waals surface area contributed by atoms with Gasteiger partial charge in [0.1, 0.15) is 0 Å². The van der Waals surface area contributed by atoms with Gasteiger partial charge in [-0.2, -0.15) is 0 Å². The highest BCUT2D eigenvalue weighted by molar-refractivity contribution is 9.10. The lowest BCUT2D eigenvalue weighted by Gasteiger charge is -1.93. The van der Waals surface area contributed by atoms with Crippen molar-refractivity contribution in [2.75, 3.05) is 0 Å². The van der Waals surface area contributed by atoms with Gasteiger partial charge in [-0.15, -0.1) is 23.7 Å². The first kappa shape index (κ1) is 11.4. The summed E-state index contributed by atoms with van der Waals surface area (Å²) in [6, 6.07) is 0. The lowest BCUT2D eigenvalue weighted by molar-refractivity contribution is 1.06. The zero-order valence-electron chi connectivity index (χ0n) is 6.48. The Hall–Kier alpha value is 0.430. The number of aryl methyl sites for hydroxylation is 2. The van der Waals surface area contributed by atoms with Gasteiger partial charge < -0.3 is 5.73 Å². The molecule has 1 aromatic rings. The van der Waals surface area contributed by atoms with Crippen molar-refractivity contribution in [1.29, 1.82) is 0 Å². The van der Waals surface area contributed by atoms with Crippen LogP contribution in [0, 0.1) is 13.8 Å². The van der Waals surface area contributed by atoms with Gasteiger partial charge in [-0.3, -0.25) is 0 Å². The van der Waals surface area contributed by atoms with Crippen LogP contribution in [0.5, 0.6) is 0 Å². The SMILES string of the molecule is Cc1sc(C)c(CN)c1Br.Cl. The van der Waals surface area contributed by atoms with Crippen molar-refractivity contribution in [3.05, 3.63) is 19.8 Å². The summed E-state index contributed by atoms with van der Waals surface area (Å²) in [7, 11) is 0. The van der Waals surface area contributed by atoms with Crippen molar-refractivity contribution in [2.24, 2.45) is 5.73 Å². The quantitative estimate of drug-likeness (QED) is 0.821. The minimum Gasteiger partial charge on any atom is -0.326 e. The van der Waals surface area contributed by atoms with Crippen LogP contribution in [-0.2, 0) is 6.54 Å². The number of nitrogens with two attached hydrogens (primary N) is 1. The molecule has 0 aliphatic rings. The molecule has 0 saturated heterocycles. The third-order valence-electron chi connectivity index (χ3n) is 1.51. The Morgan fingerprint density at radius 1 is 1.36 bits per heavy atom. The van der Waals surface area contributed by atoms with E-state index in [1.165, 1.54) is 19.8 Å². The molecule has 1 heterocycles. The lowest BCUT2D eigenvalue weighted by atomic mass is 10.2. The maximum atomic E-state index is 5.54. The predicted octanol–water partition coefficient (Wildman–Crippen LogP) is 3.01. The molecular formula is C7H11BrClNS. The summed E-state index contributed by atoms with van der Waals surface area (Å²) in [5.41, 5.74) is 6.79. The monoisotopic (exact) mass is 255 g/mol. The number of thiophene rings is 1. The Morgan fingerprint density at radius 3 is 2.09 bits per heavy atom. The highest BCUT2D eigenvalue weighted by Gasteiger charge is 2.07. The molecule has 1 aromatic heterocycles. The molecule has 0 aliphatic carbocycles. The van der Waals surface area contributed by atoms with E-state index in [0.717, 1.165) is 0 Å².